The van der Waals surface area contributed by atoms with Gasteiger partial charge in [0.05, 0.1) is 18.1 Å². The van der Waals surface area contributed by atoms with Gasteiger partial charge >= 0.3 is 12.1 Å². The maximum Gasteiger partial charge on any atom is 0.407 e. The summed E-state index contributed by atoms with van der Waals surface area (Å²) in [5.41, 5.74) is 0.515. The number of hydrogen-bond donors (Lipinski definition) is 3. The molecule has 0 saturated heterocycles. The molecule has 0 aliphatic heterocycles. The second kappa shape index (κ2) is 8.23. The third-order valence-corrected chi connectivity index (χ3v) is 4.18. The highest BCUT2D eigenvalue weighted by molar-refractivity contribution is 5.75. The molecule has 0 bridgehead atoms. The Hall–Kier alpha value is -2.24. The lowest BCUT2D eigenvalue weighted by Crippen LogP contribution is -2.52. The van der Waals surface area contributed by atoms with Gasteiger partial charge in [-0.15, -0.1) is 0 Å². The van der Waals surface area contributed by atoms with Crippen LogP contribution in [0.25, 0.3) is 0 Å². The summed E-state index contributed by atoms with van der Waals surface area (Å²) < 4.78 is 5.30. The summed E-state index contributed by atoms with van der Waals surface area (Å²) >= 11 is 0. The number of nitrogens with one attached hydrogen (secondary N) is 3. The van der Waals surface area contributed by atoms with Gasteiger partial charge in [0, 0.05) is 0 Å². The van der Waals surface area contributed by atoms with E-state index < -0.39 is 11.7 Å². The van der Waals surface area contributed by atoms with E-state index in [1.54, 1.807) is 0 Å². The normalized spacial score (nSPS) is 21.3. The molecule has 0 spiro atoms. The summed E-state index contributed by atoms with van der Waals surface area (Å²) in [6.45, 7) is 7.43. The van der Waals surface area contributed by atoms with E-state index in [1.165, 1.54) is 0 Å². The van der Waals surface area contributed by atoms with Gasteiger partial charge in [-0.25, -0.2) is 9.59 Å². The van der Waals surface area contributed by atoms with Crippen LogP contribution in [0.2, 0.25) is 0 Å². The summed E-state index contributed by atoms with van der Waals surface area (Å²) in [4.78, 5) is 24.2. The summed E-state index contributed by atoms with van der Waals surface area (Å²) in [5.74, 6) is 0. The number of alkyl carbamates (subject to hydrolysis) is 1. The van der Waals surface area contributed by atoms with Gasteiger partial charge in [-0.3, -0.25) is 0 Å². The number of rotatable bonds is 4. The maximum atomic E-state index is 12.3. The SMILES string of the molecule is C[C@@H](NC(=O)N[C@@H]1CCC[C@@H]1NC(=O)OC(C)(C)C)c1ccccc1. The molecule has 1 aromatic rings. The minimum Gasteiger partial charge on any atom is -0.444 e. The van der Waals surface area contributed by atoms with Crippen LogP contribution in [-0.2, 0) is 4.74 Å². The molecular formula is C19H29N3O3. The molecule has 25 heavy (non-hydrogen) atoms. The van der Waals surface area contributed by atoms with Crippen molar-refractivity contribution in [3.05, 3.63) is 35.9 Å². The Labute approximate surface area is 149 Å². The van der Waals surface area contributed by atoms with Crippen LogP contribution in [0.15, 0.2) is 30.3 Å². The Morgan fingerprint density at radius 1 is 1.08 bits per heavy atom. The first-order valence-electron chi connectivity index (χ1n) is 8.86. The van der Waals surface area contributed by atoms with E-state index in [4.69, 9.17) is 4.74 Å². The van der Waals surface area contributed by atoms with Gasteiger partial charge < -0.3 is 20.7 Å². The zero-order valence-electron chi connectivity index (χ0n) is 15.5. The molecule has 3 atom stereocenters. The van der Waals surface area contributed by atoms with Crippen LogP contribution in [0.1, 0.15) is 58.6 Å². The van der Waals surface area contributed by atoms with Gasteiger partial charge in [0.2, 0.25) is 0 Å². The van der Waals surface area contributed by atoms with Crippen LogP contribution in [0.5, 0.6) is 0 Å². The molecule has 1 fully saturated rings. The van der Waals surface area contributed by atoms with Crippen LogP contribution in [0, 0.1) is 0 Å². The van der Waals surface area contributed by atoms with Crippen molar-refractivity contribution in [3.63, 3.8) is 0 Å². The fraction of sp³-hybridized carbons (Fsp3) is 0.579. The van der Waals surface area contributed by atoms with Gasteiger partial charge in [-0.2, -0.15) is 0 Å². The first-order valence-corrected chi connectivity index (χ1v) is 8.86. The number of carbonyl (C=O) groups excluding carboxylic acids is 2. The maximum absolute atomic E-state index is 12.3. The number of ether oxygens (including phenoxy) is 1. The van der Waals surface area contributed by atoms with E-state index in [9.17, 15) is 9.59 Å². The van der Waals surface area contributed by atoms with E-state index >= 15 is 0 Å². The van der Waals surface area contributed by atoms with Gasteiger partial charge in [-0.05, 0) is 52.5 Å². The third kappa shape index (κ3) is 6.29. The van der Waals surface area contributed by atoms with Crippen molar-refractivity contribution in [3.8, 4) is 0 Å². The highest BCUT2D eigenvalue weighted by atomic mass is 16.6. The molecule has 3 amide bonds. The second-order valence-electron chi connectivity index (χ2n) is 7.54. The molecule has 0 radical (unpaired) electrons. The van der Waals surface area contributed by atoms with Crippen molar-refractivity contribution in [2.45, 2.75) is 70.7 Å². The minimum absolute atomic E-state index is 0.0835. The van der Waals surface area contributed by atoms with Crippen molar-refractivity contribution >= 4 is 12.1 Å². The predicted molar refractivity (Wildman–Crippen MR) is 97.3 cm³/mol. The monoisotopic (exact) mass is 347 g/mol. The van der Waals surface area contributed by atoms with Crippen LogP contribution >= 0.6 is 0 Å². The van der Waals surface area contributed by atoms with Crippen LogP contribution in [0.3, 0.4) is 0 Å². The highest BCUT2D eigenvalue weighted by Crippen LogP contribution is 2.20. The zero-order chi connectivity index (χ0) is 18.4. The fourth-order valence-electron chi connectivity index (χ4n) is 3.00. The number of urea groups is 1. The molecule has 1 aromatic carbocycles. The summed E-state index contributed by atoms with van der Waals surface area (Å²) in [6, 6.07) is 9.30. The van der Waals surface area contributed by atoms with Gasteiger partial charge in [0.1, 0.15) is 5.60 Å². The first kappa shape index (κ1) is 19.1. The van der Waals surface area contributed by atoms with Gasteiger partial charge in [0.15, 0.2) is 0 Å². The van der Waals surface area contributed by atoms with E-state index in [1.807, 2.05) is 58.0 Å². The largest absolute Gasteiger partial charge is 0.444 e. The molecule has 1 saturated carbocycles. The Balaban J connectivity index is 1.84. The molecule has 3 N–H and O–H groups in total. The molecular weight excluding hydrogens is 318 g/mol. The third-order valence-electron chi connectivity index (χ3n) is 4.18. The molecule has 1 aliphatic carbocycles. The highest BCUT2D eigenvalue weighted by Gasteiger charge is 2.31. The average Bonchev–Trinajstić information content (AvgIpc) is 2.92. The molecule has 6 nitrogen and oxygen atoms in total. The Bertz CT molecular complexity index is 583. The molecule has 0 unspecified atom stereocenters. The van der Waals surface area contributed by atoms with Crippen LogP contribution < -0.4 is 16.0 Å². The fourth-order valence-corrected chi connectivity index (χ4v) is 3.00. The minimum atomic E-state index is -0.534. The molecule has 0 aromatic heterocycles. The Morgan fingerprint density at radius 2 is 1.68 bits per heavy atom. The molecule has 6 heteroatoms. The smallest absolute Gasteiger partial charge is 0.407 e. The molecule has 1 aliphatic rings. The van der Waals surface area contributed by atoms with Crippen molar-refractivity contribution in [2.24, 2.45) is 0 Å². The van der Waals surface area contributed by atoms with Crippen molar-refractivity contribution in [1.82, 2.24) is 16.0 Å². The lowest BCUT2D eigenvalue weighted by atomic mass is 10.1. The van der Waals surface area contributed by atoms with E-state index in [0.29, 0.717) is 0 Å². The molecule has 138 valence electrons. The number of hydrogen-bond acceptors (Lipinski definition) is 3. The first-order chi connectivity index (χ1) is 11.7. The van der Waals surface area contributed by atoms with E-state index in [0.717, 1.165) is 24.8 Å². The standard InChI is InChI=1S/C19H29N3O3/c1-13(14-9-6-5-7-10-14)20-17(23)21-15-11-8-12-16(15)22-18(24)25-19(2,3)4/h5-7,9-10,13,15-16H,8,11-12H2,1-4H3,(H,22,24)(H2,20,21,23)/t13-,15-,16+/m1/s1. The van der Waals surface area contributed by atoms with E-state index in [2.05, 4.69) is 16.0 Å². The number of carbonyl (C=O) groups is 2. The van der Waals surface area contributed by atoms with Crippen molar-refractivity contribution < 1.29 is 14.3 Å². The van der Waals surface area contributed by atoms with Crippen LogP contribution in [0.4, 0.5) is 9.59 Å². The van der Waals surface area contributed by atoms with Crippen LogP contribution in [-0.4, -0.2) is 29.8 Å². The van der Waals surface area contributed by atoms with Crippen molar-refractivity contribution in [1.29, 1.82) is 0 Å². The quantitative estimate of drug-likeness (QED) is 0.780. The van der Waals surface area contributed by atoms with Gasteiger partial charge in [-0.1, -0.05) is 30.3 Å². The average molecular weight is 347 g/mol. The number of amides is 3. The topological polar surface area (TPSA) is 79.5 Å². The zero-order valence-corrected chi connectivity index (χ0v) is 15.5. The number of benzene rings is 1. The molecule has 2 rings (SSSR count). The Kier molecular flexibility index (Phi) is 6.28. The summed E-state index contributed by atoms with van der Waals surface area (Å²) in [6.07, 6.45) is 2.19. The van der Waals surface area contributed by atoms with Crippen molar-refractivity contribution in [2.75, 3.05) is 0 Å². The Morgan fingerprint density at radius 3 is 2.28 bits per heavy atom. The van der Waals surface area contributed by atoms with Gasteiger partial charge in [0.25, 0.3) is 0 Å². The second-order valence-corrected chi connectivity index (χ2v) is 7.54. The lowest BCUT2D eigenvalue weighted by molar-refractivity contribution is 0.0498. The summed E-state index contributed by atoms with van der Waals surface area (Å²) in [5, 5.41) is 8.79. The summed E-state index contributed by atoms with van der Waals surface area (Å²) in [7, 11) is 0. The lowest BCUT2D eigenvalue weighted by Gasteiger charge is -2.26. The predicted octanol–water partition coefficient (Wildman–Crippen LogP) is 3.49. The molecule has 0 heterocycles. The van der Waals surface area contributed by atoms with E-state index in [-0.39, 0.29) is 24.2 Å².